The van der Waals surface area contributed by atoms with Gasteiger partial charge in [-0.25, -0.2) is 35.1 Å². The molecule has 48 heavy (non-hydrogen) atoms. The topological polar surface area (TPSA) is 96.2 Å². The third-order valence-corrected chi connectivity index (χ3v) is 14.1. The molecule has 24 unspecified atom stereocenters. The molecule has 0 aromatic heterocycles. The van der Waals surface area contributed by atoms with Crippen LogP contribution in [0.3, 0.4) is 0 Å². The number of rotatable bonds is 0. The maximum absolute atomic E-state index is 15.8. The van der Waals surface area contributed by atoms with Crippen molar-refractivity contribution in [3.8, 4) is 0 Å². The second kappa shape index (κ2) is 12.4. The van der Waals surface area contributed by atoms with E-state index in [9.17, 15) is 17.6 Å². The van der Waals surface area contributed by atoms with Crippen molar-refractivity contribution in [3.63, 3.8) is 0 Å². The van der Waals surface area contributed by atoms with Crippen LogP contribution >= 0.6 is 0 Å². The van der Waals surface area contributed by atoms with E-state index >= 15 is 17.6 Å². The molecule has 0 amide bonds. The van der Waals surface area contributed by atoms with Gasteiger partial charge in [-0.15, -0.1) is 0 Å². The van der Waals surface area contributed by atoms with Crippen LogP contribution in [0.4, 0.5) is 35.1 Å². The molecule has 0 aromatic rings. The predicted molar refractivity (Wildman–Crippen MR) is 159 cm³/mol. The first-order chi connectivity index (χ1) is 23.1. The normalized spacial score (nSPS) is 62.5. The van der Waals surface area contributed by atoms with Crippen LogP contribution in [-0.2, 0) is 0 Å². The third kappa shape index (κ3) is 4.96. The van der Waals surface area contributed by atoms with Gasteiger partial charge in [0.15, 0.2) is 24.7 Å². The van der Waals surface area contributed by atoms with Gasteiger partial charge in [0.25, 0.3) is 0 Å². The second-order valence-electron chi connectivity index (χ2n) is 16.2. The summed E-state index contributed by atoms with van der Waals surface area (Å²) < 4.78 is 123. The van der Waals surface area contributed by atoms with E-state index in [0.717, 1.165) is 51.4 Å². The predicted octanol–water partition coefficient (Wildman–Crippen LogP) is 2.19. The SMILES string of the molecule is FC1C(F)C(F)C2C3NC(NC4NC(NC5NC(NC6NC(N3)C3C(F)C(F)C(F)C(F)C63)C3CCCCC53)C3CCCCC43)C2C1F. The first-order valence-corrected chi connectivity index (χ1v) is 18.3. The molecule has 5 heterocycles. The monoisotopic (exact) mass is 696 g/mol. The highest BCUT2D eigenvalue weighted by atomic mass is 19.2. The first-order valence-electron chi connectivity index (χ1n) is 18.3. The van der Waals surface area contributed by atoms with Crippen LogP contribution in [0.1, 0.15) is 51.4 Å². The fourth-order valence-corrected chi connectivity index (χ4v) is 11.9. The zero-order valence-corrected chi connectivity index (χ0v) is 26.5. The minimum atomic E-state index is -2.72. The molecule has 0 radical (unpaired) electrons. The Kier molecular flexibility index (Phi) is 8.50. The van der Waals surface area contributed by atoms with E-state index in [4.69, 9.17) is 0 Å². The van der Waals surface area contributed by atoms with Gasteiger partial charge in [-0.1, -0.05) is 25.7 Å². The molecule has 0 aromatic carbocycles. The molecule has 16 heteroatoms. The van der Waals surface area contributed by atoms with Crippen molar-refractivity contribution in [1.82, 2.24) is 42.5 Å². The molecule has 8 nitrogen and oxygen atoms in total. The molecule has 8 N–H and O–H groups in total. The van der Waals surface area contributed by atoms with E-state index in [1.165, 1.54) is 0 Å². The fourth-order valence-electron chi connectivity index (χ4n) is 11.9. The van der Waals surface area contributed by atoms with Crippen molar-refractivity contribution >= 4 is 0 Å². The fraction of sp³-hybridized carbons (Fsp3) is 1.00. The summed E-state index contributed by atoms with van der Waals surface area (Å²) in [6.07, 6.45) is -17.7. The van der Waals surface area contributed by atoms with Gasteiger partial charge in [0.05, 0.1) is 49.3 Å². The molecule has 272 valence electrons. The first kappa shape index (κ1) is 33.0. The summed E-state index contributed by atoms with van der Waals surface area (Å²) in [7, 11) is 0. The Bertz CT molecular complexity index is 1110. The zero-order valence-electron chi connectivity index (χ0n) is 26.5. The Balaban J connectivity index is 1.10. The van der Waals surface area contributed by atoms with Crippen LogP contribution in [0.25, 0.3) is 0 Å². The van der Waals surface area contributed by atoms with Gasteiger partial charge in [0.2, 0.25) is 0 Å². The van der Waals surface area contributed by atoms with Gasteiger partial charge >= 0.3 is 0 Å². The van der Waals surface area contributed by atoms with E-state index in [0.29, 0.717) is 0 Å². The summed E-state index contributed by atoms with van der Waals surface area (Å²) in [5.74, 6) is -4.71. The van der Waals surface area contributed by atoms with E-state index in [2.05, 4.69) is 42.5 Å². The number of hydrogen-bond acceptors (Lipinski definition) is 8. The highest BCUT2D eigenvalue weighted by Crippen LogP contribution is 2.49. The van der Waals surface area contributed by atoms with E-state index < -0.39 is 97.7 Å². The molecule has 4 saturated carbocycles. The molecule has 9 rings (SSSR count). The van der Waals surface area contributed by atoms with Crippen molar-refractivity contribution < 1.29 is 35.1 Å². The molecule has 0 spiro atoms. The number of halogens is 8. The lowest BCUT2D eigenvalue weighted by Crippen LogP contribution is -2.62. The van der Waals surface area contributed by atoms with Crippen molar-refractivity contribution in [2.75, 3.05) is 0 Å². The van der Waals surface area contributed by atoms with Gasteiger partial charge in [-0.05, 0) is 49.4 Å². The minimum Gasteiger partial charge on any atom is -0.286 e. The Labute approximate surface area is 275 Å². The van der Waals surface area contributed by atoms with Crippen molar-refractivity contribution in [1.29, 1.82) is 0 Å². The van der Waals surface area contributed by atoms with Gasteiger partial charge in [-0.3, -0.25) is 42.5 Å². The smallest absolute Gasteiger partial charge is 0.165 e. The van der Waals surface area contributed by atoms with E-state index in [1.54, 1.807) is 0 Å². The molecule has 5 saturated heterocycles. The van der Waals surface area contributed by atoms with Gasteiger partial charge < -0.3 is 0 Å². The maximum Gasteiger partial charge on any atom is 0.165 e. The third-order valence-electron chi connectivity index (χ3n) is 14.1. The number of alkyl halides is 8. The largest absolute Gasteiger partial charge is 0.286 e. The van der Waals surface area contributed by atoms with Crippen LogP contribution in [0.15, 0.2) is 0 Å². The Hall–Kier alpha value is -0.880. The van der Waals surface area contributed by atoms with Crippen molar-refractivity contribution in [2.24, 2.45) is 47.3 Å². The summed E-state index contributed by atoms with van der Waals surface area (Å²) in [6.45, 7) is 0. The highest BCUT2D eigenvalue weighted by molar-refractivity contribution is 5.15. The van der Waals surface area contributed by atoms with Gasteiger partial charge in [-0.2, -0.15) is 0 Å². The van der Waals surface area contributed by atoms with Crippen molar-refractivity contribution in [2.45, 2.75) is 150 Å². The summed E-state index contributed by atoms with van der Waals surface area (Å²) in [4.78, 5) is 0. The Morgan fingerprint density at radius 1 is 0.250 bits per heavy atom. The molecular weight excluding hydrogens is 648 g/mol. The standard InChI is InChI=1S/C32H48F8N8/c33-17-13-15(19(35)23(39)21(17)37)31-46-29(13)44-27-11-7-3-1-5-9(11)25(42-27)41-26-10-6-2-4-8-12(10)28(43-26)45-30-14-16(32(47-30)48-31)20(36)24(40)22(38)18(14)34/h9-32,41-48H,1-8H2. The number of fused-ring (bicyclic) bond motifs is 20. The molecule has 24 atom stereocenters. The average molecular weight is 697 g/mol. The lowest BCUT2D eigenvalue weighted by Gasteiger charge is -2.42. The van der Waals surface area contributed by atoms with E-state index in [-0.39, 0.29) is 48.3 Å². The average Bonchev–Trinajstić information content (AvgIpc) is 3.83. The second-order valence-corrected chi connectivity index (χ2v) is 16.2. The molecule has 9 aliphatic rings. The maximum atomic E-state index is 15.8. The van der Waals surface area contributed by atoms with Crippen LogP contribution in [-0.4, -0.2) is 98.7 Å². The van der Waals surface area contributed by atoms with Crippen LogP contribution in [0, 0.1) is 47.3 Å². The molecule has 4 aliphatic carbocycles. The lowest BCUT2D eigenvalue weighted by atomic mass is 9.73. The molecular formula is C32H48F8N8. The van der Waals surface area contributed by atoms with Gasteiger partial charge in [0, 0.05) is 23.7 Å². The summed E-state index contributed by atoms with van der Waals surface area (Å²) >= 11 is 0. The Morgan fingerprint density at radius 3 is 0.667 bits per heavy atom. The quantitative estimate of drug-likeness (QED) is 0.183. The molecule has 9 fully saturated rings. The van der Waals surface area contributed by atoms with Crippen LogP contribution in [0.5, 0.6) is 0 Å². The summed E-state index contributed by atoms with van der Waals surface area (Å²) in [5, 5.41) is 27.4. The summed E-state index contributed by atoms with van der Waals surface area (Å²) in [6, 6.07) is 0. The minimum absolute atomic E-state index is 0.121. The van der Waals surface area contributed by atoms with Crippen LogP contribution < -0.4 is 42.5 Å². The number of hydrogen-bond donors (Lipinski definition) is 8. The van der Waals surface area contributed by atoms with Crippen LogP contribution in [0.2, 0.25) is 0 Å². The molecule has 8 bridgehead atoms. The number of nitrogens with one attached hydrogen (secondary N) is 8. The van der Waals surface area contributed by atoms with E-state index in [1.807, 2.05) is 0 Å². The summed E-state index contributed by atoms with van der Waals surface area (Å²) in [5.41, 5.74) is 0. The highest BCUT2D eigenvalue weighted by Gasteiger charge is 2.65. The lowest BCUT2D eigenvalue weighted by molar-refractivity contribution is -0.0871. The van der Waals surface area contributed by atoms with Gasteiger partial charge in [0.1, 0.15) is 24.7 Å². The Morgan fingerprint density at radius 2 is 0.438 bits per heavy atom. The molecule has 5 aliphatic heterocycles. The van der Waals surface area contributed by atoms with Crippen molar-refractivity contribution in [3.05, 3.63) is 0 Å². The zero-order chi connectivity index (χ0) is 33.2.